The van der Waals surface area contributed by atoms with Crippen LogP contribution in [-0.2, 0) is 9.84 Å². The Morgan fingerprint density at radius 1 is 1.19 bits per heavy atom. The van der Waals surface area contributed by atoms with Gasteiger partial charge in [-0.1, -0.05) is 18.6 Å². The summed E-state index contributed by atoms with van der Waals surface area (Å²) in [6, 6.07) is 6.24. The van der Waals surface area contributed by atoms with Gasteiger partial charge >= 0.3 is 5.76 Å². The first-order valence-electron chi connectivity index (χ1n) is 7.00. The van der Waals surface area contributed by atoms with E-state index in [0.717, 1.165) is 19.3 Å². The number of halogens is 2. The molecule has 0 amide bonds. The Kier molecular flexibility index (Phi) is 4.83. The third-order valence-corrected chi connectivity index (χ3v) is 5.31. The van der Waals surface area contributed by atoms with Crippen LogP contribution in [0.2, 0.25) is 0 Å². The third-order valence-electron chi connectivity index (χ3n) is 3.87. The van der Waals surface area contributed by atoms with E-state index >= 15 is 0 Å². The summed E-state index contributed by atoms with van der Waals surface area (Å²) >= 11 is 0. The maximum atomic E-state index is 12.8. The van der Waals surface area contributed by atoms with Gasteiger partial charge in [0.15, 0.2) is 0 Å². The number of anilines is 1. The SMILES string of the molecule is CC1CCCC(C)N1Nc1ccccc1S(=O)(=O)C(F)F. The molecule has 0 radical (unpaired) electrons. The van der Waals surface area contributed by atoms with Gasteiger partial charge in [-0.2, -0.15) is 8.78 Å². The lowest BCUT2D eigenvalue weighted by molar-refractivity contribution is 0.135. The number of nitrogens with zero attached hydrogens (tertiary/aromatic N) is 1. The van der Waals surface area contributed by atoms with Crippen LogP contribution in [0.15, 0.2) is 29.2 Å². The lowest BCUT2D eigenvalue weighted by atomic mass is 10.00. The Morgan fingerprint density at radius 2 is 1.76 bits per heavy atom. The Labute approximate surface area is 124 Å². The molecule has 1 fully saturated rings. The number of hydrogen-bond acceptors (Lipinski definition) is 4. The Morgan fingerprint density at radius 3 is 2.33 bits per heavy atom. The van der Waals surface area contributed by atoms with Crippen LogP contribution in [0.25, 0.3) is 0 Å². The highest BCUT2D eigenvalue weighted by atomic mass is 32.2. The van der Waals surface area contributed by atoms with Crippen LogP contribution in [0.3, 0.4) is 0 Å². The predicted octanol–water partition coefficient (Wildman–Crippen LogP) is 3.27. The Balaban J connectivity index is 2.33. The first-order valence-corrected chi connectivity index (χ1v) is 8.54. The van der Waals surface area contributed by atoms with E-state index in [1.54, 1.807) is 6.07 Å². The van der Waals surface area contributed by atoms with Crippen LogP contribution in [0.5, 0.6) is 0 Å². The molecular weight excluding hydrogens is 298 g/mol. The van der Waals surface area contributed by atoms with Crippen LogP contribution in [0.4, 0.5) is 14.5 Å². The molecule has 1 N–H and O–H groups in total. The van der Waals surface area contributed by atoms with Gasteiger partial charge < -0.3 is 5.43 Å². The largest absolute Gasteiger partial charge is 0.341 e. The molecular formula is C14H20F2N2O2S. The fourth-order valence-electron chi connectivity index (χ4n) is 2.68. The number of benzene rings is 1. The summed E-state index contributed by atoms with van der Waals surface area (Å²) in [6.45, 7) is 4.07. The zero-order valence-corrected chi connectivity index (χ0v) is 12.9. The number of alkyl halides is 2. The molecule has 0 aromatic heterocycles. The van der Waals surface area contributed by atoms with E-state index in [4.69, 9.17) is 0 Å². The molecule has 4 nitrogen and oxygen atoms in total. The fraction of sp³-hybridized carbons (Fsp3) is 0.571. The van der Waals surface area contributed by atoms with Gasteiger partial charge in [0.25, 0.3) is 0 Å². The van der Waals surface area contributed by atoms with Gasteiger partial charge in [-0.05, 0) is 38.8 Å². The normalized spacial score (nSPS) is 24.2. The van der Waals surface area contributed by atoms with Gasteiger partial charge in [0.2, 0.25) is 9.84 Å². The topological polar surface area (TPSA) is 49.4 Å². The van der Waals surface area contributed by atoms with E-state index in [1.807, 2.05) is 18.9 Å². The van der Waals surface area contributed by atoms with Crippen molar-refractivity contribution in [2.75, 3.05) is 5.43 Å². The van der Waals surface area contributed by atoms with Gasteiger partial charge in [-0.25, -0.2) is 13.4 Å². The highest BCUT2D eigenvalue weighted by Gasteiger charge is 2.31. The summed E-state index contributed by atoms with van der Waals surface area (Å²) in [5.41, 5.74) is 3.24. The second-order valence-electron chi connectivity index (χ2n) is 5.45. The van der Waals surface area contributed by atoms with Crippen molar-refractivity contribution in [3.8, 4) is 0 Å². The Bertz CT molecular complexity index is 582. The molecule has 0 aliphatic carbocycles. The summed E-state index contributed by atoms with van der Waals surface area (Å²) in [6.07, 6.45) is 3.08. The number of para-hydroxylation sites is 1. The zero-order chi connectivity index (χ0) is 15.6. The molecule has 2 atom stereocenters. The second-order valence-corrected chi connectivity index (χ2v) is 7.34. The summed E-state index contributed by atoms with van der Waals surface area (Å²) in [5, 5.41) is 1.95. The molecule has 0 spiro atoms. The van der Waals surface area contributed by atoms with E-state index < -0.39 is 15.6 Å². The van der Waals surface area contributed by atoms with E-state index in [-0.39, 0.29) is 22.7 Å². The van der Waals surface area contributed by atoms with Gasteiger partial charge in [-0.15, -0.1) is 0 Å². The number of hydrazine groups is 1. The molecule has 1 heterocycles. The molecule has 1 saturated heterocycles. The van der Waals surface area contributed by atoms with Crippen molar-refractivity contribution in [3.05, 3.63) is 24.3 Å². The van der Waals surface area contributed by atoms with Gasteiger partial charge in [-0.3, -0.25) is 0 Å². The molecule has 1 aromatic rings. The summed E-state index contributed by atoms with van der Waals surface area (Å²) in [4.78, 5) is -0.357. The molecule has 1 aliphatic rings. The van der Waals surface area contributed by atoms with Gasteiger partial charge in [0.1, 0.15) is 0 Å². The van der Waals surface area contributed by atoms with E-state index in [1.165, 1.54) is 18.2 Å². The molecule has 7 heteroatoms. The van der Waals surface area contributed by atoms with Crippen molar-refractivity contribution >= 4 is 15.5 Å². The molecule has 2 rings (SSSR count). The molecule has 0 bridgehead atoms. The molecule has 0 saturated carbocycles. The van der Waals surface area contributed by atoms with Crippen LogP contribution >= 0.6 is 0 Å². The summed E-state index contributed by atoms with van der Waals surface area (Å²) in [5.74, 6) is -3.42. The summed E-state index contributed by atoms with van der Waals surface area (Å²) < 4.78 is 49.1. The Hall–Kier alpha value is -1.21. The minimum Gasteiger partial charge on any atom is -0.317 e. The monoisotopic (exact) mass is 318 g/mol. The van der Waals surface area contributed by atoms with Crippen molar-refractivity contribution < 1.29 is 17.2 Å². The number of hydrogen-bond donors (Lipinski definition) is 1. The minimum absolute atomic E-state index is 0.207. The first-order chi connectivity index (χ1) is 9.84. The standard InChI is InChI=1S/C14H20F2N2O2S/c1-10-6-5-7-11(2)18(10)17-12-8-3-4-9-13(12)21(19,20)14(15)16/h3-4,8-11,14,17H,5-7H2,1-2H3. The van der Waals surface area contributed by atoms with Crippen molar-refractivity contribution in [3.63, 3.8) is 0 Å². The van der Waals surface area contributed by atoms with Gasteiger partial charge in [0.05, 0.1) is 10.6 Å². The maximum absolute atomic E-state index is 12.8. The van der Waals surface area contributed by atoms with Gasteiger partial charge in [0, 0.05) is 12.1 Å². The van der Waals surface area contributed by atoms with E-state index in [9.17, 15) is 17.2 Å². The molecule has 1 aromatic carbocycles. The van der Waals surface area contributed by atoms with E-state index in [0.29, 0.717) is 0 Å². The average Bonchev–Trinajstić information content (AvgIpc) is 2.43. The lowest BCUT2D eigenvalue weighted by Gasteiger charge is -2.39. The predicted molar refractivity (Wildman–Crippen MR) is 77.9 cm³/mol. The second kappa shape index (κ2) is 6.27. The highest BCUT2D eigenvalue weighted by Crippen LogP contribution is 2.29. The van der Waals surface area contributed by atoms with Crippen molar-refractivity contribution in [1.29, 1.82) is 0 Å². The van der Waals surface area contributed by atoms with Crippen LogP contribution in [-0.4, -0.2) is 31.3 Å². The highest BCUT2D eigenvalue weighted by molar-refractivity contribution is 7.91. The molecule has 1 aliphatic heterocycles. The maximum Gasteiger partial charge on any atom is 0.341 e. The number of sulfone groups is 1. The number of piperidine rings is 1. The zero-order valence-electron chi connectivity index (χ0n) is 12.1. The molecule has 21 heavy (non-hydrogen) atoms. The molecule has 2 unspecified atom stereocenters. The number of nitrogens with one attached hydrogen (secondary N) is 1. The minimum atomic E-state index is -4.62. The van der Waals surface area contributed by atoms with Crippen molar-refractivity contribution in [1.82, 2.24) is 5.01 Å². The van der Waals surface area contributed by atoms with Crippen LogP contribution in [0, 0.1) is 0 Å². The quantitative estimate of drug-likeness (QED) is 0.925. The smallest absolute Gasteiger partial charge is 0.317 e. The average molecular weight is 318 g/mol. The van der Waals surface area contributed by atoms with Crippen LogP contribution in [0.1, 0.15) is 33.1 Å². The van der Waals surface area contributed by atoms with Crippen LogP contribution < -0.4 is 5.43 Å². The number of rotatable bonds is 4. The van der Waals surface area contributed by atoms with Crippen molar-refractivity contribution in [2.24, 2.45) is 0 Å². The summed E-state index contributed by atoms with van der Waals surface area (Å²) in [7, 11) is -4.62. The first kappa shape index (κ1) is 16.2. The molecule has 118 valence electrons. The third kappa shape index (κ3) is 3.35. The fourth-order valence-corrected chi connectivity index (χ4v) is 3.56. The van der Waals surface area contributed by atoms with E-state index in [2.05, 4.69) is 5.43 Å². The van der Waals surface area contributed by atoms with Crippen molar-refractivity contribution in [2.45, 2.75) is 55.8 Å². The lowest BCUT2D eigenvalue weighted by Crippen LogP contribution is -2.47.